The van der Waals surface area contributed by atoms with Crippen molar-refractivity contribution in [3.05, 3.63) is 69.7 Å². The summed E-state index contributed by atoms with van der Waals surface area (Å²) in [6.07, 6.45) is 3.95. The second-order valence-corrected chi connectivity index (χ2v) is 11.9. The van der Waals surface area contributed by atoms with Gasteiger partial charge in [0, 0.05) is 41.3 Å². The number of fused-ring (bicyclic) bond motifs is 1. The number of aromatic nitrogens is 2. The van der Waals surface area contributed by atoms with Crippen molar-refractivity contribution >= 4 is 38.6 Å². The average Bonchev–Trinajstić information content (AvgIpc) is 3.66. The molecular weight excluding hydrogens is 499 g/mol. The molecule has 0 radical (unpaired) electrons. The molecule has 1 aliphatic carbocycles. The number of halogens is 1. The predicted molar refractivity (Wildman–Crippen MR) is 151 cm³/mol. The van der Waals surface area contributed by atoms with Gasteiger partial charge in [-0.05, 0) is 55.3 Å². The molecule has 2 aromatic heterocycles. The molecular formula is C29H30FN6OS+. The fourth-order valence-electron chi connectivity index (χ4n) is 5.12. The van der Waals surface area contributed by atoms with E-state index in [2.05, 4.69) is 37.2 Å². The summed E-state index contributed by atoms with van der Waals surface area (Å²) in [5.74, 6) is -0.333. The lowest BCUT2D eigenvalue weighted by molar-refractivity contribution is -0.890. The molecule has 0 N–H and O–H groups in total. The van der Waals surface area contributed by atoms with E-state index < -0.39 is 0 Å². The first kappa shape index (κ1) is 24.6. The molecule has 0 atom stereocenters. The maximum absolute atomic E-state index is 13.5. The zero-order valence-electron chi connectivity index (χ0n) is 21.8. The smallest absolute Gasteiger partial charge is 0.258 e. The highest BCUT2D eigenvalue weighted by Crippen LogP contribution is 2.40. The largest absolute Gasteiger partial charge is 0.360 e. The van der Waals surface area contributed by atoms with Gasteiger partial charge < -0.3 is 18.8 Å². The number of thiazole rings is 1. The first-order valence-electron chi connectivity index (χ1n) is 12.9. The van der Waals surface area contributed by atoms with Gasteiger partial charge in [0.05, 0.1) is 46.0 Å². The summed E-state index contributed by atoms with van der Waals surface area (Å²) >= 11 is 1.30. The lowest BCUT2D eigenvalue weighted by Crippen LogP contribution is -2.54. The fourth-order valence-corrected chi connectivity index (χ4v) is 5.98. The number of nitrogens with zero attached hydrogens (tertiary/aromatic N) is 6. The van der Waals surface area contributed by atoms with Crippen molar-refractivity contribution < 1.29 is 8.87 Å². The Bertz CT molecular complexity index is 1620. The molecule has 0 unspecified atom stereocenters. The SMILES string of the molecule is CN(c1nc(-c2ccc(F)cc2)c(C#N)s1)c1cn(C2CC2)c(=O)c2ccc(N3CC[N+](C)(C)CC3)cc12. The molecule has 1 aliphatic heterocycles. The highest BCUT2D eigenvalue weighted by molar-refractivity contribution is 7.16. The minimum Gasteiger partial charge on any atom is -0.360 e. The minimum absolute atomic E-state index is 0.0338. The highest BCUT2D eigenvalue weighted by Gasteiger charge is 2.29. The molecule has 1 saturated heterocycles. The fraction of sp³-hybridized carbons (Fsp3) is 0.345. The number of pyridine rings is 1. The van der Waals surface area contributed by atoms with Gasteiger partial charge in [-0.25, -0.2) is 9.37 Å². The van der Waals surface area contributed by atoms with E-state index in [1.54, 1.807) is 12.1 Å². The second-order valence-electron chi connectivity index (χ2n) is 10.9. The Morgan fingerprint density at radius 1 is 1.11 bits per heavy atom. The Morgan fingerprint density at radius 2 is 1.82 bits per heavy atom. The highest BCUT2D eigenvalue weighted by atomic mass is 32.1. The first-order chi connectivity index (χ1) is 18.2. The van der Waals surface area contributed by atoms with Crippen LogP contribution in [0.4, 0.5) is 20.9 Å². The molecule has 0 spiro atoms. The Balaban J connectivity index is 1.46. The maximum atomic E-state index is 13.5. The van der Waals surface area contributed by atoms with E-state index in [9.17, 15) is 14.4 Å². The van der Waals surface area contributed by atoms with Crippen LogP contribution < -0.4 is 15.4 Å². The van der Waals surface area contributed by atoms with Crippen LogP contribution in [-0.4, -0.2) is 61.4 Å². The van der Waals surface area contributed by atoms with Crippen molar-refractivity contribution in [1.82, 2.24) is 9.55 Å². The standard InChI is InChI=1S/C29H30FN6OS/c1-33(29-32-27(26(17-31)38-29)19-4-6-20(30)7-5-19)25-18-35(21-8-9-21)28(37)23-11-10-22(16-24(23)25)34-12-14-36(2,3)15-13-34/h4-7,10-11,16,18,21H,8-9,12-15H2,1-3H3/q+1. The van der Waals surface area contributed by atoms with Crippen LogP contribution in [0.2, 0.25) is 0 Å². The zero-order valence-corrected chi connectivity index (χ0v) is 22.6. The third kappa shape index (κ3) is 4.44. The maximum Gasteiger partial charge on any atom is 0.258 e. The molecule has 4 aromatic rings. The first-order valence-corrected chi connectivity index (χ1v) is 13.7. The van der Waals surface area contributed by atoms with E-state index in [-0.39, 0.29) is 17.4 Å². The Morgan fingerprint density at radius 3 is 2.47 bits per heavy atom. The van der Waals surface area contributed by atoms with E-state index >= 15 is 0 Å². The summed E-state index contributed by atoms with van der Waals surface area (Å²) < 4.78 is 16.4. The number of nitriles is 1. The topological polar surface area (TPSA) is 65.2 Å². The Labute approximate surface area is 225 Å². The summed E-state index contributed by atoms with van der Waals surface area (Å²) in [4.78, 5) is 23.1. The second kappa shape index (κ2) is 9.22. The molecule has 2 aromatic carbocycles. The molecule has 2 aliphatic rings. The molecule has 1 saturated carbocycles. The molecule has 0 amide bonds. The number of quaternary nitrogens is 1. The number of likely N-dealkylation sites (N-methyl/N-ethyl adjacent to an activating group) is 1. The van der Waals surface area contributed by atoms with E-state index in [0.29, 0.717) is 26.7 Å². The van der Waals surface area contributed by atoms with Gasteiger partial charge >= 0.3 is 0 Å². The van der Waals surface area contributed by atoms with Crippen LogP contribution in [0.25, 0.3) is 22.0 Å². The van der Waals surface area contributed by atoms with Crippen LogP contribution in [0.5, 0.6) is 0 Å². The Kier molecular flexibility index (Phi) is 5.97. The van der Waals surface area contributed by atoms with Crippen molar-refractivity contribution in [1.29, 1.82) is 5.26 Å². The van der Waals surface area contributed by atoms with Crippen molar-refractivity contribution in [2.24, 2.45) is 0 Å². The third-order valence-electron chi connectivity index (χ3n) is 7.74. The van der Waals surface area contributed by atoms with Crippen molar-refractivity contribution in [2.45, 2.75) is 18.9 Å². The van der Waals surface area contributed by atoms with Gasteiger partial charge in [-0.1, -0.05) is 11.3 Å². The minimum atomic E-state index is -0.333. The number of rotatable bonds is 5. The van der Waals surface area contributed by atoms with Gasteiger partial charge in [0.15, 0.2) is 5.13 Å². The Hall–Kier alpha value is -3.74. The van der Waals surface area contributed by atoms with Crippen LogP contribution in [0.3, 0.4) is 0 Å². The third-order valence-corrected chi connectivity index (χ3v) is 8.78. The molecule has 0 bridgehead atoms. The lowest BCUT2D eigenvalue weighted by atomic mass is 10.1. The van der Waals surface area contributed by atoms with Crippen LogP contribution >= 0.6 is 11.3 Å². The number of piperazine rings is 1. The zero-order chi connectivity index (χ0) is 26.6. The lowest BCUT2D eigenvalue weighted by Gasteiger charge is -2.40. The average molecular weight is 530 g/mol. The van der Waals surface area contributed by atoms with E-state index in [0.717, 1.165) is 60.3 Å². The number of hydrogen-bond donors (Lipinski definition) is 0. The molecule has 2 fully saturated rings. The molecule has 7 nitrogen and oxygen atoms in total. The molecule has 38 heavy (non-hydrogen) atoms. The van der Waals surface area contributed by atoms with Gasteiger partial charge in [0.2, 0.25) is 0 Å². The van der Waals surface area contributed by atoms with Gasteiger partial charge in [-0.15, -0.1) is 0 Å². The van der Waals surface area contributed by atoms with Gasteiger partial charge in [-0.2, -0.15) is 5.26 Å². The van der Waals surface area contributed by atoms with E-state index in [4.69, 9.17) is 4.98 Å². The molecule has 6 rings (SSSR count). The van der Waals surface area contributed by atoms with Crippen LogP contribution in [-0.2, 0) is 0 Å². The number of benzene rings is 2. The van der Waals surface area contributed by atoms with E-state index in [1.807, 2.05) is 28.8 Å². The van der Waals surface area contributed by atoms with Crippen molar-refractivity contribution in [3.63, 3.8) is 0 Å². The molecule has 9 heteroatoms. The van der Waals surface area contributed by atoms with Crippen LogP contribution in [0.1, 0.15) is 23.8 Å². The van der Waals surface area contributed by atoms with Crippen molar-refractivity contribution in [3.8, 4) is 17.3 Å². The quantitative estimate of drug-likeness (QED) is 0.335. The van der Waals surface area contributed by atoms with Crippen LogP contribution in [0, 0.1) is 17.1 Å². The predicted octanol–water partition coefficient (Wildman–Crippen LogP) is 5.13. The summed E-state index contributed by atoms with van der Waals surface area (Å²) in [7, 11) is 6.45. The molecule has 3 heterocycles. The van der Waals surface area contributed by atoms with Crippen LogP contribution in [0.15, 0.2) is 53.5 Å². The summed E-state index contributed by atoms with van der Waals surface area (Å²) in [6, 6.07) is 14.7. The van der Waals surface area contributed by atoms with E-state index in [1.165, 1.54) is 23.5 Å². The summed E-state index contributed by atoms with van der Waals surface area (Å²) in [5, 5.41) is 12.0. The van der Waals surface area contributed by atoms with Gasteiger partial charge in [-0.3, -0.25) is 4.79 Å². The van der Waals surface area contributed by atoms with Crippen molar-refractivity contribution in [2.75, 3.05) is 57.1 Å². The monoisotopic (exact) mass is 529 g/mol. The summed E-state index contributed by atoms with van der Waals surface area (Å²) in [6.45, 7) is 4.05. The number of anilines is 3. The normalized spacial score (nSPS) is 17.0. The molecule has 194 valence electrons. The summed E-state index contributed by atoms with van der Waals surface area (Å²) in [5.41, 5.74) is 3.26. The van der Waals surface area contributed by atoms with Gasteiger partial charge in [0.25, 0.3) is 5.56 Å². The van der Waals surface area contributed by atoms with Gasteiger partial charge in [0.1, 0.15) is 22.5 Å². The number of hydrogen-bond acceptors (Lipinski definition) is 6.